The molecule has 0 fully saturated rings. The predicted molar refractivity (Wildman–Crippen MR) is 137 cm³/mol. The van der Waals surface area contributed by atoms with Crippen LogP contribution in [0.3, 0.4) is 0 Å². The fraction of sp³-hybridized carbons (Fsp3) is 0.304. The van der Waals surface area contributed by atoms with Gasteiger partial charge in [0.1, 0.15) is 11.6 Å². The summed E-state index contributed by atoms with van der Waals surface area (Å²) in [6, 6.07) is 10.8. The van der Waals surface area contributed by atoms with E-state index in [0.717, 1.165) is 13.6 Å². The first-order valence-corrected chi connectivity index (χ1v) is 11.7. The fourth-order valence-corrected chi connectivity index (χ4v) is 3.99. The van der Waals surface area contributed by atoms with Gasteiger partial charge in [-0.1, -0.05) is 36.7 Å². The van der Waals surface area contributed by atoms with Crippen LogP contribution in [-0.2, 0) is 14.9 Å². The quantitative estimate of drug-likeness (QED) is 0.233. The number of hydrogen-bond donors (Lipinski definition) is 0. The molecule has 0 saturated heterocycles. The van der Waals surface area contributed by atoms with Crippen LogP contribution in [0.25, 0.3) is 10.9 Å². The standard InChI is InChI=1S/C23H23BrIN3O4/c1-13(21(30)31-5)32-19-9-6-14(10-17(19)25)12-26-28-20(29)16-11-15(24)7-8-18(16)27-22(28)23(2,3)4/h6-13H,1-5H3/t13-/m0/s1. The van der Waals surface area contributed by atoms with E-state index in [1.54, 1.807) is 31.3 Å². The molecule has 2 aromatic carbocycles. The number of hydrogen-bond acceptors (Lipinski definition) is 6. The number of rotatable bonds is 5. The van der Waals surface area contributed by atoms with Gasteiger partial charge in [-0.3, -0.25) is 4.79 Å². The summed E-state index contributed by atoms with van der Waals surface area (Å²) in [4.78, 5) is 29.5. The number of methoxy groups -OCH3 is 1. The molecule has 168 valence electrons. The second-order valence-electron chi connectivity index (χ2n) is 8.18. The maximum atomic E-state index is 13.2. The molecule has 0 radical (unpaired) electrons. The molecule has 1 heterocycles. The molecule has 3 aromatic rings. The van der Waals surface area contributed by atoms with Crippen molar-refractivity contribution >= 4 is 61.6 Å². The van der Waals surface area contributed by atoms with Gasteiger partial charge in [0.05, 0.1) is 27.8 Å². The van der Waals surface area contributed by atoms with Gasteiger partial charge in [0.15, 0.2) is 6.10 Å². The van der Waals surface area contributed by atoms with Gasteiger partial charge in [-0.15, -0.1) is 0 Å². The number of carbonyl (C=O) groups excluding carboxylic acids is 1. The Bertz CT molecular complexity index is 1260. The third-order valence-corrected chi connectivity index (χ3v) is 5.93. The van der Waals surface area contributed by atoms with Gasteiger partial charge in [-0.05, 0) is 71.5 Å². The van der Waals surface area contributed by atoms with Crippen molar-refractivity contribution in [3.8, 4) is 5.75 Å². The van der Waals surface area contributed by atoms with Crippen molar-refractivity contribution in [2.75, 3.05) is 7.11 Å². The van der Waals surface area contributed by atoms with E-state index < -0.39 is 17.5 Å². The van der Waals surface area contributed by atoms with Crippen molar-refractivity contribution in [3.63, 3.8) is 0 Å². The number of fused-ring (bicyclic) bond motifs is 1. The smallest absolute Gasteiger partial charge is 0.346 e. The molecule has 9 heteroatoms. The van der Waals surface area contributed by atoms with E-state index in [9.17, 15) is 9.59 Å². The lowest BCUT2D eigenvalue weighted by Gasteiger charge is -2.20. The zero-order chi connectivity index (χ0) is 23.6. The highest BCUT2D eigenvalue weighted by atomic mass is 127. The Kier molecular flexibility index (Phi) is 7.39. The summed E-state index contributed by atoms with van der Waals surface area (Å²) in [5.41, 5.74) is 0.770. The number of benzene rings is 2. The molecule has 0 aliphatic rings. The maximum absolute atomic E-state index is 13.2. The molecule has 32 heavy (non-hydrogen) atoms. The van der Waals surface area contributed by atoms with Crippen LogP contribution < -0.4 is 10.3 Å². The minimum Gasteiger partial charge on any atom is -0.478 e. The molecule has 0 amide bonds. The third-order valence-electron chi connectivity index (χ3n) is 4.59. The van der Waals surface area contributed by atoms with E-state index >= 15 is 0 Å². The summed E-state index contributed by atoms with van der Waals surface area (Å²) < 4.78 is 13.3. The molecule has 0 N–H and O–H groups in total. The first kappa shape index (κ1) is 24.4. The number of aromatic nitrogens is 2. The summed E-state index contributed by atoms with van der Waals surface area (Å²) in [7, 11) is 1.32. The SMILES string of the molecule is COC(=O)[C@H](C)Oc1ccc(C=Nn2c(C(C)(C)C)nc3ccc(Br)cc3c2=O)cc1I. The van der Waals surface area contributed by atoms with E-state index in [2.05, 4.69) is 43.6 Å². The van der Waals surface area contributed by atoms with Crippen LogP contribution in [0, 0.1) is 3.57 Å². The van der Waals surface area contributed by atoms with Crippen molar-refractivity contribution < 1.29 is 14.3 Å². The summed E-state index contributed by atoms with van der Waals surface area (Å²) in [6.45, 7) is 7.60. The molecular formula is C23H23BrIN3O4. The first-order valence-electron chi connectivity index (χ1n) is 9.82. The third kappa shape index (κ3) is 5.37. The molecular weight excluding hydrogens is 589 g/mol. The number of ether oxygens (including phenoxy) is 2. The van der Waals surface area contributed by atoms with Gasteiger partial charge in [0.25, 0.3) is 5.56 Å². The number of esters is 1. The van der Waals surface area contributed by atoms with Crippen LogP contribution in [0.2, 0.25) is 0 Å². The van der Waals surface area contributed by atoms with E-state index in [1.165, 1.54) is 11.8 Å². The van der Waals surface area contributed by atoms with Crippen LogP contribution in [0.1, 0.15) is 39.1 Å². The second-order valence-corrected chi connectivity index (χ2v) is 10.3. The molecule has 0 spiro atoms. The van der Waals surface area contributed by atoms with Crippen LogP contribution in [0.4, 0.5) is 0 Å². The van der Waals surface area contributed by atoms with E-state index in [-0.39, 0.29) is 5.56 Å². The summed E-state index contributed by atoms with van der Waals surface area (Å²) >= 11 is 5.54. The molecule has 0 bridgehead atoms. The average molecular weight is 612 g/mol. The van der Waals surface area contributed by atoms with E-state index in [4.69, 9.17) is 14.5 Å². The number of halogens is 2. The lowest BCUT2D eigenvalue weighted by Crippen LogP contribution is -2.29. The van der Waals surface area contributed by atoms with Gasteiger partial charge < -0.3 is 9.47 Å². The highest BCUT2D eigenvalue weighted by molar-refractivity contribution is 14.1. The number of carbonyl (C=O) groups is 1. The van der Waals surface area contributed by atoms with Crippen LogP contribution >= 0.6 is 38.5 Å². The Hall–Kier alpha value is -2.27. The molecule has 0 unspecified atom stereocenters. The Morgan fingerprint density at radius 2 is 1.97 bits per heavy atom. The molecule has 0 saturated carbocycles. The Balaban J connectivity index is 2.01. The second kappa shape index (κ2) is 9.70. The Morgan fingerprint density at radius 3 is 2.59 bits per heavy atom. The van der Waals surface area contributed by atoms with Gasteiger partial charge >= 0.3 is 5.97 Å². The Morgan fingerprint density at radius 1 is 1.25 bits per heavy atom. The molecule has 3 rings (SSSR count). The van der Waals surface area contributed by atoms with Crippen molar-refractivity contribution in [1.82, 2.24) is 9.66 Å². The van der Waals surface area contributed by atoms with Crippen LogP contribution in [0.15, 0.2) is 50.8 Å². The minimum absolute atomic E-state index is 0.237. The van der Waals surface area contributed by atoms with Gasteiger partial charge in [-0.25, -0.2) is 9.78 Å². The normalized spacial score (nSPS) is 12.8. The van der Waals surface area contributed by atoms with Crippen molar-refractivity contribution in [2.24, 2.45) is 5.10 Å². The summed E-state index contributed by atoms with van der Waals surface area (Å²) in [5.74, 6) is 0.677. The fourth-order valence-electron chi connectivity index (χ4n) is 2.96. The lowest BCUT2D eigenvalue weighted by molar-refractivity contribution is -0.147. The van der Waals surface area contributed by atoms with Crippen molar-refractivity contribution in [3.05, 3.63) is 66.2 Å². The predicted octanol–water partition coefficient (Wildman–Crippen LogP) is 4.88. The highest BCUT2D eigenvalue weighted by Gasteiger charge is 2.23. The molecule has 0 aliphatic carbocycles. The van der Waals surface area contributed by atoms with Gasteiger partial charge in [0.2, 0.25) is 0 Å². The van der Waals surface area contributed by atoms with Crippen molar-refractivity contribution in [2.45, 2.75) is 39.2 Å². The highest BCUT2D eigenvalue weighted by Crippen LogP contribution is 2.24. The largest absolute Gasteiger partial charge is 0.478 e. The average Bonchev–Trinajstić information content (AvgIpc) is 2.73. The molecule has 0 aliphatic heterocycles. The zero-order valence-electron chi connectivity index (χ0n) is 18.3. The van der Waals surface area contributed by atoms with Crippen molar-refractivity contribution in [1.29, 1.82) is 0 Å². The van der Waals surface area contributed by atoms with Gasteiger partial charge in [-0.2, -0.15) is 9.78 Å². The Labute approximate surface area is 208 Å². The summed E-state index contributed by atoms with van der Waals surface area (Å²) in [6.07, 6.45) is 0.890. The van der Waals surface area contributed by atoms with E-state index in [1.807, 2.05) is 39.0 Å². The van der Waals surface area contributed by atoms with E-state index in [0.29, 0.717) is 22.5 Å². The van der Waals surface area contributed by atoms with Crippen LogP contribution in [-0.4, -0.2) is 35.1 Å². The molecule has 1 aromatic heterocycles. The van der Waals surface area contributed by atoms with Gasteiger partial charge in [0, 0.05) is 9.89 Å². The molecule has 1 atom stereocenters. The van der Waals surface area contributed by atoms with Crippen LogP contribution in [0.5, 0.6) is 5.75 Å². The monoisotopic (exact) mass is 611 g/mol. The lowest BCUT2D eigenvalue weighted by atomic mass is 9.95. The maximum Gasteiger partial charge on any atom is 0.346 e. The molecule has 7 nitrogen and oxygen atoms in total. The number of nitrogens with zero attached hydrogens (tertiary/aromatic N) is 3. The topological polar surface area (TPSA) is 82.8 Å². The summed E-state index contributed by atoms with van der Waals surface area (Å²) in [5, 5.41) is 4.96. The first-order chi connectivity index (χ1) is 15.0. The minimum atomic E-state index is -0.719. The zero-order valence-corrected chi connectivity index (χ0v) is 22.1.